The van der Waals surface area contributed by atoms with Crippen LogP contribution in [-0.2, 0) is 4.74 Å². The molecule has 4 rings (SSSR count). The van der Waals surface area contributed by atoms with Crippen LogP contribution in [0.3, 0.4) is 0 Å². The summed E-state index contributed by atoms with van der Waals surface area (Å²) in [6, 6.07) is 13.8. The van der Waals surface area contributed by atoms with Gasteiger partial charge in [0.2, 0.25) is 0 Å². The van der Waals surface area contributed by atoms with E-state index in [0.29, 0.717) is 19.1 Å². The Morgan fingerprint density at radius 1 is 1.16 bits per heavy atom. The smallest absolute Gasteiger partial charge is 0.254 e. The predicted molar refractivity (Wildman–Crippen MR) is 100.0 cm³/mol. The monoisotopic (exact) mass is 355 g/mol. The van der Waals surface area contributed by atoms with Crippen LogP contribution in [0.1, 0.15) is 28.8 Å². The molecular weight excluding hydrogens is 334 g/mol. The quantitative estimate of drug-likeness (QED) is 0.807. The number of carbonyl (C=O) groups is 1. The number of amides is 1. The minimum absolute atomic E-state index is 0.105. The molecule has 1 saturated heterocycles. The van der Waals surface area contributed by atoms with Crippen molar-refractivity contribution >= 4 is 17.5 Å². The van der Waals surface area contributed by atoms with Crippen LogP contribution in [0.2, 0.25) is 5.02 Å². The molecule has 130 valence electrons. The fourth-order valence-corrected chi connectivity index (χ4v) is 3.77. The predicted octanol–water partition coefficient (Wildman–Crippen LogP) is 4.57. The van der Waals surface area contributed by atoms with Crippen molar-refractivity contribution in [2.24, 2.45) is 5.92 Å². The van der Waals surface area contributed by atoms with Crippen LogP contribution in [0.25, 0.3) is 11.1 Å². The van der Waals surface area contributed by atoms with Gasteiger partial charge in [-0.1, -0.05) is 29.8 Å². The van der Waals surface area contributed by atoms with Crippen LogP contribution in [0.15, 0.2) is 42.5 Å². The fraction of sp³-hybridized carbons (Fsp3) is 0.381. The highest BCUT2D eigenvalue weighted by Crippen LogP contribution is 2.36. The molecule has 1 aliphatic heterocycles. The molecule has 0 aromatic heterocycles. The largest absolute Gasteiger partial charge is 0.374 e. The first-order valence-electron chi connectivity index (χ1n) is 8.89. The van der Waals surface area contributed by atoms with Gasteiger partial charge in [-0.05, 0) is 66.6 Å². The van der Waals surface area contributed by atoms with Crippen LogP contribution >= 0.6 is 11.6 Å². The molecule has 0 radical (unpaired) electrons. The normalized spacial score (nSPS) is 20.6. The molecule has 2 aliphatic rings. The second-order valence-corrected chi connectivity index (χ2v) is 7.47. The maximum Gasteiger partial charge on any atom is 0.254 e. The highest BCUT2D eigenvalue weighted by molar-refractivity contribution is 6.30. The van der Waals surface area contributed by atoms with Crippen LogP contribution in [0.5, 0.6) is 0 Å². The molecule has 1 saturated carbocycles. The van der Waals surface area contributed by atoms with Crippen molar-refractivity contribution in [1.82, 2.24) is 4.90 Å². The van der Waals surface area contributed by atoms with Crippen molar-refractivity contribution in [2.75, 3.05) is 19.7 Å². The number of ether oxygens (including phenoxy) is 1. The molecule has 25 heavy (non-hydrogen) atoms. The van der Waals surface area contributed by atoms with E-state index in [4.69, 9.17) is 16.3 Å². The topological polar surface area (TPSA) is 29.5 Å². The first-order valence-corrected chi connectivity index (χ1v) is 9.27. The van der Waals surface area contributed by atoms with Gasteiger partial charge in [-0.3, -0.25) is 4.79 Å². The molecule has 1 amide bonds. The number of hydrogen-bond acceptors (Lipinski definition) is 2. The maximum absolute atomic E-state index is 12.8. The minimum Gasteiger partial charge on any atom is -0.374 e. The summed E-state index contributed by atoms with van der Waals surface area (Å²) in [6.45, 7) is 4.10. The lowest BCUT2D eigenvalue weighted by molar-refractivity contribution is -0.0313. The van der Waals surface area contributed by atoms with Crippen molar-refractivity contribution in [2.45, 2.75) is 25.9 Å². The van der Waals surface area contributed by atoms with Crippen molar-refractivity contribution in [3.63, 3.8) is 0 Å². The molecule has 0 spiro atoms. The Labute approximate surface area is 153 Å². The lowest BCUT2D eigenvalue weighted by Crippen LogP contribution is -2.46. The lowest BCUT2D eigenvalue weighted by Gasteiger charge is -2.33. The summed E-state index contributed by atoms with van der Waals surface area (Å²) in [5.74, 6) is 0.763. The number of carbonyl (C=O) groups excluding carboxylic acids is 1. The molecule has 1 atom stereocenters. The van der Waals surface area contributed by atoms with Crippen LogP contribution in [0, 0.1) is 12.8 Å². The fourth-order valence-electron chi connectivity index (χ4n) is 3.54. The zero-order valence-electron chi connectivity index (χ0n) is 14.4. The molecule has 0 bridgehead atoms. The first-order chi connectivity index (χ1) is 12.1. The van der Waals surface area contributed by atoms with Crippen LogP contribution in [-0.4, -0.2) is 36.6 Å². The summed E-state index contributed by atoms with van der Waals surface area (Å²) >= 11 is 6.04. The van der Waals surface area contributed by atoms with E-state index < -0.39 is 0 Å². The van der Waals surface area contributed by atoms with E-state index in [9.17, 15) is 4.79 Å². The summed E-state index contributed by atoms with van der Waals surface area (Å²) in [7, 11) is 0. The average molecular weight is 356 g/mol. The molecule has 2 aromatic rings. The SMILES string of the molecule is Cc1cc(Cl)ccc1-c1ccc(C(=O)N2CCO[C@@H](C3CC3)C2)cc1. The maximum atomic E-state index is 12.8. The van der Waals surface area contributed by atoms with Crippen molar-refractivity contribution in [3.8, 4) is 11.1 Å². The second-order valence-electron chi connectivity index (χ2n) is 7.03. The molecule has 0 N–H and O–H groups in total. The van der Waals surface area contributed by atoms with Crippen molar-refractivity contribution in [1.29, 1.82) is 0 Å². The van der Waals surface area contributed by atoms with E-state index >= 15 is 0 Å². The Kier molecular flexibility index (Phi) is 4.53. The average Bonchev–Trinajstić information content (AvgIpc) is 3.47. The molecule has 2 fully saturated rings. The van der Waals surface area contributed by atoms with Gasteiger partial charge in [0.15, 0.2) is 0 Å². The van der Waals surface area contributed by atoms with E-state index in [2.05, 4.69) is 0 Å². The van der Waals surface area contributed by atoms with E-state index in [1.54, 1.807) is 0 Å². The van der Waals surface area contributed by atoms with Crippen LogP contribution < -0.4 is 0 Å². The van der Waals surface area contributed by atoms with Gasteiger partial charge < -0.3 is 9.64 Å². The number of morpholine rings is 1. The third-order valence-corrected chi connectivity index (χ3v) is 5.39. The molecule has 1 heterocycles. The third-order valence-electron chi connectivity index (χ3n) is 5.16. The Bertz CT molecular complexity index is 783. The zero-order valence-corrected chi connectivity index (χ0v) is 15.1. The number of hydrogen-bond donors (Lipinski definition) is 0. The molecular formula is C21H22ClNO2. The molecule has 4 heteroatoms. The number of halogens is 1. The molecule has 2 aromatic carbocycles. The zero-order chi connectivity index (χ0) is 17.4. The Morgan fingerprint density at radius 2 is 1.92 bits per heavy atom. The van der Waals surface area contributed by atoms with Gasteiger partial charge in [-0.2, -0.15) is 0 Å². The molecule has 1 aliphatic carbocycles. The number of nitrogens with zero attached hydrogens (tertiary/aromatic N) is 1. The minimum atomic E-state index is 0.105. The van der Waals surface area contributed by atoms with Gasteiger partial charge in [0.25, 0.3) is 5.91 Å². The van der Waals surface area contributed by atoms with Crippen molar-refractivity contribution in [3.05, 3.63) is 58.6 Å². The standard InChI is InChI=1S/C21H22ClNO2/c1-14-12-18(22)8-9-19(14)15-2-6-17(7-3-15)21(24)23-10-11-25-20(13-23)16-4-5-16/h2-3,6-9,12,16,20H,4-5,10-11,13H2,1H3/t20-/m1/s1. The third kappa shape index (κ3) is 3.58. The first kappa shape index (κ1) is 16.6. The number of rotatable bonds is 3. The summed E-state index contributed by atoms with van der Waals surface area (Å²) in [5, 5.41) is 0.741. The molecule has 0 unspecified atom stereocenters. The molecule has 3 nitrogen and oxygen atoms in total. The number of aryl methyl sites for hydroxylation is 1. The van der Waals surface area contributed by atoms with Gasteiger partial charge >= 0.3 is 0 Å². The van der Waals surface area contributed by atoms with Crippen LogP contribution in [0.4, 0.5) is 0 Å². The van der Waals surface area contributed by atoms with Gasteiger partial charge in [0, 0.05) is 23.7 Å². The second kappa shape index (κ2) is 6.81. The lowest BCUT2D eigenvalue weighted by atomic mass is 9.99. The van der Waals surface area contributed by atoms with Gasteiger partial charge in [-0.15, -0.1) is 0 Å². The summed E-state index contributed by atoms with van der Waals surface area (Å²) in [5.41, 5.74) is 4.12. The Balaban J connectivity index is 1.50. The van der Waals surface area contributed by atoms with Gasteiger partial charge in [-0.25, -0.2) is 0 Å². The van der Waals surface area contributed by atoms with E-state index in [0.717, 1.165) is 33.8 Å². The van der Waals surface area contributed by atoms with Crippen molar-refractivity contribution < 1.29 is 9.53 Å². The van der Waals surface area contributed by atoms with Gasteiger partial charge in [0.05, 0.1) is 12.7 Å². The highest BCUT2D eigenvalue weighted by atomic mass is 35.5. The summed E-state index contributed by atoms with van der Waals surface area (Å²) in [4.78, 5) is 14.7. The van der Waals surface area contributed by atoms with E-state index in [-0.39, 0.29) is 12.0 Å². The van der Waals surface area contributed by atoms with Gasteiger partial charge in [0.1, 0.15) is 0 Å². The Morgan fingerprint density at radius 3 is 2.60 bits per heavy atom. The Hall–Kier alpha value is -1.84. The van der Waals surface area contributed by atoms with E-state index in [1.165, 1.54) is 12.8 Å². The summed E-state index contributed by atoms with van der Waals surface area (Å²) in [6.07, 6.45) is 2.71. The van der Waals surface area contributed by atoms with E-state index in [1.807, 2.05) is 54.3 Å². The highest BCUT2D eigenvalue weighted by Gasteiger charge is 2.36. The summed E-state index contributed by atoms with van der Waals surface area (Å²) < 4.78 is 5.81. The number of benzene rings is 2.